The third kappa shape index (κ3) is 5.24. The van der Waals surface area contributed by atoms with Gasteiger partial charge in [0.1, 0.15) is 0 Å². The van der Waals surface area contributed by atoms with Crippen LogP contribution in [0, 0.1) is 13.8 Å². The van der Waals surface area contributed by atoms with Crippen molar-refractivity contribution in [3.8, 4) is 0 Å². The molecule has 3 aromatic carbocycles. The Bertz CT molecular complexity index is 872. The first kappa shape index (κ1) is 18.3. The van der Waals surface area contributed by atoms with Crippen LogP contribution in [0.15, 0.2) is 77.7 Å². The van der Waals surface area contributed by atoms with Crippen LogP contribution in [0.2, 0.25) is 0 Å². The van der Waals surface area contributed by atoms with Crippen molar-refractivity contribution in [3.63, 3.8) is 0 Å². The molecule has 1 N–H and O–H groups in total. The van der Waals surface area contributed by atoms with Gasteiger partial charge in [-0.1, -0.05) is 60.2 Å². The summed E-state index contributed by atoms with van der Waals surface area (Å²) in [6, 6.07) is 24.7. The van der Waals surface area contributed by atoms with Crippen LogP contribution in [0.25, 0.3) is 0 Å². The zero-order valence-electron chi connectivity index (χ0n) is 15.2. The van der Waals surface area contributed by atoms with Gasteiger partial charge in [0.15, 0.2) is 0 Å². The zero-order chi connectivity index (χ0) is 18.4. The van der Waals surface area contributed by atoms with E-state index >= 15 is 0 Å². The molecule has 3 rings (SSSR count). The largest absolute Gasteiger partial charge is 0.326 e. The van der Waals surface area contributed by atoms with Crippen LogP contribution in [-0.4, -0.2) is 5.91 Å². The number of amides is 1. The molecule has 1 amide bonds. The number of nitrogens with one attached hydrogen (secondary N) is 1. The van der Waals surface area contributed by atoms with Crippen LogP contribution >= 0.6 is 11.8 Å². The normalized spacial score (nSPS) is 10.5. The summed E-state index contributed by atoms with van der Waals surface area (Å²) in [6.45, 7) is 4.09. The molecule has 0 radical (unpaired) electrons. The minimum atomic E-state index is 0.0170. The predicted octanol–water partition coefficient (Wildman–Crippen LogP) is 5.78. The molecule has 3 aromatic rings. The van der Waals surface area contributed by atoms with Gasteiger partial charge in [0.2, 0.25) is 5.91 Å². The molecule has 0 heterocycles. The van der Waals surface area contributed by atoms with Crippen LogP contribution in [0.5, 0.6) is 0 Å². The maximum atomic E-state index is 12.3. The van der Waals surface area contributed by atoms with Gasteiger partial charge in [-0.25, -0.2) is 0 Å². The van der Waals surface area contributed by atoms with Crippen molar-refractivity contribution in [1.82, 2.24) is 0 Å². The van der Waals surface area contributed by atoms with Crippen LogP contribution in [0.3, 0.4) is 0 Å². The van der Waals surface area contributed by atoms with E-state index in [1.807, 2.05) is 62.0 Å². The average Bonchev–Trinajstić information content (AvgIpc) is 2.65. The topological polar surface area (TPSA) is 29.1 Å². The lowest BCUT2D eigenvalue weighted by molar-refractivity contribution is -0.115. The van der Waals surface area contributed by atoms with Crippen LogP contribution in [0.1, 0.15) is 22.3 Å². The highest BCUT2D eigenvalue weighted by Crippen LogP contribution is 2.25. The number of rotatable bonds is 6. The Balaban J connectivity index is 1.58. The molecule has 3 heteroatoms. The van der Waals surface area contributed by atoms with E-state index in [1.54, 1.807) is 0 Å². The second-order valence-electron chi connectivity index (χ2n) is 6.46. The van der Waals surface area contributed by atoms with Crippen molar-refractivity contribution in [2.24, 2.45) is 0 Å². The van der Waals surface area contributed by atoms with Crippen molar-refractivity contribution in [2.45, 2.75) is 30.9 Å². The number of carbonyl (C=O) groups excluding carboxylic acids is 1. The first-order valence-electron chi connectivity index (χ1n) is 8.73. The summed E-state index contributed by atoms with van der Waals surface area (Å²) in [5.41, 5.74) is 5.47. The van der Waals surface area contributed by atoms with Gasteiger partial charge in [0, 0.05) is 16.3 Å². The van der Waals surface area contributed by atoms with Crippen molar-refractivity contribution in [1.29, 1.82) is 0 Å². The monoisotopic (exact) mass is 361 g/mol. The standard InChI is InChI=1S/C23H23NOS/c1-17-8-10-19(11-9-17)15-23(25)24-22-13-12-20(14-18(22)2)16-26-21-6-4-3-5-7-21/h3-14H,15-16H2,1-2H3,(H,24,25). The summed E-state index contributed by atoms with van der Waals surface area (Å²) in [4.78, 5) is 13.6. The Labute approximate surface area is 159 Å². The number of hydrogen-bond donors (Lipinski definition) is 1. The maximum absolute atomic E-state index is 12.3. The molecule has 0 unspecified atom stereocenters. The molecule has 0 aromatic heterocycles. The second-order valence-corrected chi connectivity index (χ2v) is 7.51. The summed E-state index contributed by atoms with van der Waals surface area (Å²) in [5, 5.41) is 3.03. The smallest absolute Gasteiger partial charge is 0.228 e. The van der Waals surface area contributed by atoms with Gasteiger partial charge in [0.25, 0.3) is 0 Å². The molecule has 0 atom stereocenters. The molecule has 0 saturated heterocycles. The maximum Gasteiger partial charge on any atom is 0.228 e. The quantitative estimate of drug-likeness (QED) is 0.564. The molecule has 0 aliphatic rings. The van der Waals surface area contributed by atoms with Crippen molar-refractivity contribution >= 4 is 23.4 Å². The Morgan fingerprint density at radius 1 is 0.885 bits per heavy atom. The van der Waals surface area contributed by atoms with Gasteiger partial charge in [-0.05, 0) is 48.7 Å². The third-order valence-corrected chi connectivity index (χ3v) is 5.28. The molecule has 0 aliphatic heterocycles. The number of hydrogen-bond acceptors (Lipinski definition) is 2. The van der Waals surface area contributed by atoms with Gasteiger partial charge in [0.05, 0.1) is 6.42 Å². The van der Waals surface area contributed by atoms with Gasteiger partial charge in [-0.3, -0.25) is 4.79 Å². The highest BCUT2D eigenvalue weighted by Gasteiger charge is 2.07. The molecule has 2 nitrogen and oxygen atoms in total. The molecule has 0 spiro atoms. The molecule has 0 fully saturated rings. The molecule has 132 valence electrons. The van der Waals surface area contributed by atoms with Crippen LogP contribution < -0.4 is 5.32 Å². The number of benzene rings is 3. The van der Waals surface area contributed by atoms with E-state index in [-0.39, 0.29) is 5.91 Å². The SMILES string of the molecule is Cc1ccc(CC(=O)Nc2ccc(CSc3ccccc3)cc2C)cc1. The van der Waals surface area contributed by atoms with E-state index < -0.39 is 0 Å². The highest BCUT2D eigenvalue weighted by atomic mass is 32.2. The second kappa shape index (κ2) is 8.72. The predicted molar refractivity (Wildman–Crippen MR) is 111 cm³/mol. The Morgan fingerprint density at radius 2 is 1.58 bits per heavy atom. The van der Waals surface area contributed by atoms with Gasteiger partial charge < -0.3 is 5.32 Å². The minimum absolute atomic E-state index is 0.0170. The molecule has 0 bridgehead atoms. The van der Waals surface area contributed by atoms with Gasteiger partial charge >= 0.3 is 0 Å². The van der Waals surface area contributed by atoms with Crippen molar-refractivity contribution in [2.75, 3.05) is 5.32 Å². The summed E-state index contributed by atoms with van der Waals surface area (Å²) in [7, 11) is 0. The van der Waals surface area contributed by atoms with Crippen molar-refractivity contribution in [3.05, 3.63) is 95.1 Å². The van der Waals surface area contributed by atoms with E-state index in [2.05, 4.69) is 41.7 Å². The summed E-state index contributed by atoms with van der Waals surface area (Å²) < 4.78 is 0. The van der Waals surface area contributed by atoms with Crippen molar-refractivity contribution < 1.29 is 4.79 Å². The van der Waals surface area contributed by atoms with E-state index in [0.717, 1.165) is 22.6 Å². The summed E-state index contributed by atoms with van der Waals surface area (Å²) in [6.07, 6.45) is 0.394. The van der Waals surface area contributed by atoms with Crippen LogP contribution in [-0.2, 0) is 17.0 Å². The Morgan fingerprint density at radius 3 is 2.27 bits per heavy atom. The number of anilines is 1. The van der Waals surface area contributed by atoms with Gasteiger partial charge in [-0.15, -0.1) is 11.8 Å². The Kier molecular flexibility index (Phi) is 6.13. The highest BCUT2D eigenvalue weighted by molar-refractivity contribution is 7.98. The molecule has 26 heavy (non-hydrogen) atoms. The number of thioether (sulfide) groups is 1. The average molecular weight is 362 g/mol. The van der Waals surface area contributed by atoms with E-state index in [1.165, 1.54) is 16.0 Å². The molecular formula is C23H23NOS. The molecule has 0 aliphatic carbocycles. The lowest BCUT2D eigenvalue weighted by Gasteiger charge is -2.11. The first-order chi connectivity index (χ1) is 12.6. The first-order valence-corrected chi connectivity index (χ1v) is 9.71. The fourth-order valence-electron chi connectivity index (χ4n) is 2.72. The molecule has 0 saturated carbocycles. The fraction of sp³-hybridized carbons (Fsp3) is 0.174. The Hall–Kier alpha value is -2.52. The molecular weight excluding hydrogens is 338 g/mol. The lowest BCUT2D eigenvalue weighted by Crippen LogP contribution is -2.15. The number of carbonyl (C=O) groups is 1. The number of aryl methyl sites for hydroxylation is 2. The van der Waals surface area contributed by atoms with E-state index in [9.17, 15) is 4.79 Å². The van der Waals surface area contributed by atoms with E-state index in [0.29, 0.717) is 6.42 Å². The third-order valence-electron chi connectivity index (χ3n) is 4.20. The zero-order valence-corrected chi connectivity index (χ0v) is 16.0. The van der Waals surface area contributed by atoms with E-state index in [4.69, 9.17) is 0 Å². The van der Waals surface area contributed by atoms with Crippen LogP contribution in [0.4, 0.5) is 5.69 Å². The minimum Gasteiger partial charge on any atom is -0.326 e. The van der Waals surface area contributed by atoms with Gasteiger partial charge in [-0.2, -0.15) is 0 Å². The summed E-state index contributed by atoms with van der Waals surface area (Å²) in [5.74, 6) is 0.936. The lowest BCUT2D eigenvalue weighted by atomic mass is 10.1. The fourth-order valence-corrected chi connectivity index (χ4v) is 3.59. The summed E-state index contributed by atoms with van der Waals surface area (Å²) >= 11 is 1.82.